The van der Waals surface area contributed by atoms with Crippen molar-refractivity contribution in [2.24, 2.45) is 7.05 Å². The molecule has 23 heavy (non-hydrogen) atoms. The first kappa shape index (κ1) is 15.8. The first-order chi connectivity index (χ1) is 10.9. The minimum Gasteiger partial charge on any atom is -0.487 e. The Balaban J connectivity index is 1.83. The van der Waals surface area contributed by atoms with E-state index in [9.17, 15) is 4.79 Å². The Morgan fingerprint density at radius 2 is 2.17 bits per heavy atom. The minimum atomic E-state index is -1.05. The second-order valence-electron chi connectivity index (χ2n) is 5.78. The number of likely N-dealkylation sites (tertiary alicyclic amines) is 1. The molecule has 0 bridgehead atoms. The molecule has 1 aromatic carbocycles. The van der Waals surface area contributed by atoms with E-state index in [1.807, 2.05) is 12.1 Å². The molecule has 1 unspecified atom stereocenters. The predicted molar refractivity (Wildman–Crippen MR) is 87.1 cm³/mol. The summed E-state index contributed by atoms with van der Waals surface area (Å²) >= 11 is 6.33. The number of aryl methyl sites for hydroxylation is 1. The number of carboxylic acids is 1. The molecule has 0 amide bonds. The maximum absolute atomic E-state index is 11.0. The molecule has 122 valence electrons. The van der Waals surface area contributed by atoms with Crippen molar-refractivity contribution in [3.63, 3.8) is 0 Å². The first-order valence-electron chi connectivity index (χ1n) is 7.36. The van der Waals surface area contributed by atoms with Gasteiger partial charge in [0, 0.05) is 25.7 Å². The van der Waals surface area contributed by atoms with Crippen molar-refractivity contribution in [2.75, 3.05) is 20.1 Å². The molecule has 1 aliphatic heterocycles. The van der Waals surface area contributed by atoms with Gasteiger partial charge in [-0.05, 0) is 37.7 Å². The van der Waals surface area contributed by atoms with E-state index in [1.54, 1.807) is 13.1 Å². The van der Waals surface area contributed by atoms with E-state index >= 15 is 0 Å². The molecule has 0 radical (unpaired) electrons. The number of nitrogens with zero attached hydrogens (tertiary/aromatic N) is 3. The van der Waals surface area contributed by atoms with Crippen LogP contribution in [-0.4, -0.2) is 52.0 Å². The van der Waals surface area contributed by atoms with Gasteiger partial charge in [-0.25, -0.2) is 4.79 Å². The predicted octanol–water partition coefficient (Wildman–Crippen LogP) is 2.52. The summed E-state index contributed by atoms with van der Waals surface area (Å²) in [5.74, 6) is -0.403. The highest BCUT2D eigenvalue weighted by molar-refractivity contribution is 6.32. The molecule has 7 heteroatoms. The SMILES string of the molecule is CN1CCC(Oc2ccc(-c3cc(C(=O)O)nn3C)cc2Cl)C1. The van der Waals surface area contributed by atoms with Crippen LogP contribution in [0.15, 0.2) is 24.3 Å². The van der Waals surface area contributed by atoms with Gasteiger partial charge in [0.25, 0.3) is 0 Å². The average molecular weight is 336 g/mol. The van der Waals surface area contributed by atoms with Crippen LogP contribution in [0.25, 0.3) is 11.3 Å². The molecule has 1 atom stereocenters. The maximum atomic E-state index is 11.0. The molecule has 1 aromatic heterocycles. The zero-order chi connectivity index (χ0) is 16.6. The van der Waals surface area contributed by atoms with Crippen molar-refractivity contribution in [1.82, 2.24) is 14.7 Å². The summed E-state index contributed by atoms with van der Waals surface area (Å²) in [5.41, 5.74) is 1.50. The summed E-state index contributed by atoms with van der Waals surface area (Å²) in [7, 11) is 3.77. The number of hydrogen-bond acceptors (Lipinski definition) is 4. The zero-order valence-corrected chi connectivity index (χ0v) is 13.7. The molecule has 6 nitrogen and oxygen atoms in total. The van der Waals surface area contributed by atoms with Crippen LogP contribution in [0.4, 0.5) is 0 Å². The van der Waals surface area contributed by atoms with Crippen LogP contribution < -0.4 is 4.74 Å². The number of ether oxygens (including phenoxy) is 1. The van der Waals surface area contributed by atoms with Crippen LogP contribution in [-0.2, 0) is 7.05 Å². The highest BCUT2D eigenvalue weighted by Gasteiger charge is 2.22. The minimum absolute atomic E-state index is 0.00735. The van der Waals surface area contributed by atoms with E-state index in [1.165, 1.54) is 10.7 Å². The number of carbonyl (C=O) groups is 1. The molecule has 1 saturated heterocycles. The number of rotatable bonds is 4. The molecule has 0 spiro atoms. The zero-order valence-electron chi connectivity index (χ0n) is 13.0. The lowest BCUT2D eigenvalue weighted by Crippen LogP contribution is -2.21. The number of hydrogen-bond donors (Lipinski definition) is 1. The van der Waals surface area contributed by atoms with Crippen molar-refractivity contribution < 1.29 is 14.6 Å². The van der Waals surface area contributed by atoms with Crippen LogP contribution in [0.3, 0.4) is 0 Å². The van der Waals surface area contributed by atoms with Crippen molar-refractivity contribution >= 4 is 17.6 Å². The van der Waals surface area contributed by atoms with Gasteiger partial charge in [0.1, 0.15) is 11.9 Å². The largest absolute Gasteiger partial charge is 0.487 e. The Morgan fingerprint density at radius 3 is 2.74 bits per heavy atom. The van der Waals surface area contributed by atoms with E-state index in [4.69, 9.17) is 21.4 Å². The summed E-state index contributed by atoms with van der Waals surface area (Å²) in [6, 6.07) is 6.99. The number of aromatic carboxylic acids is 1. The second-order valence-corrected chi connectivity index (χ2v) is 6.19. The summed E-state index contributed by atoms with van der Waals surface area (Å²) in [5, 5.41) is 13.5. The van der Waals surface area contributed by atoms with Crippen molar-refractivity contribution in [1.29, 1.82) is 0 Å². The molecule has 1 fully saturated rings. The van der Waals surface area contributed by atoms with Gasteiger partial charge in [-0.3, -0.25) is 4.68 Å². The third-order valence-electron chi connectivity index (χ3n) is 3.97. The van der Waals surface area contributed by atoms with E-state index in [0.717, 1.165) is 25.1 Å². The van der Waals surface area contributed by atoms with E-state index in [-0.39, 0.29) is 11.8 Å². The van der Waals surface area contributed by atoms with Crippen molar-refractivity contribution in [3.8, 4) is 17.0 Å². The second kappa shape index (κ2) is 6.22. The van der Waals surface area contributed by atoms with Gasteiger partial charge < -0.3 is 14.7 Å². The van der Waals surface area contributed by atoms with Crippen molar-refractivity contribution in [3.05, 3.63) is 35.0 Å². The monoisotopic (exact) mass is 335 g/mol. The van der Waals surface area contributed by atoms with Gasteiger partial charge >= 0.3 is 5.97 Å². The van der Waals surface area contributed by atoms with E-state index in [0.29, 0.717) is 16.5 Å². The number of benzene rings is 1. The van der Waals surface area contributed by atoms with Crippen molar-refractivity contribution in [2.45, 2.75) is 12.5 Å². The molecule has 2 aromatic rings. The van der Waals surface area contributed by atoms with Gasteiger partial charge in [0.05, 0.1) is 10.7 Å². The molecule has 3 rings (SSSR count). The Bertz CT molecular complexity index is 744. The summed E-state index contributed by atoms with van der Waals surface area (Å²) in [6.45, 7) is 1.91. The highest BCUT2D eigenvalue weighted by atomic mass is 35.5. The number of carboxylic acid groups (broad SMARTS) is 1. The standard InChI is InChI=1S/C16H18ClN3O3/c1-19-6-5-11(9-19)23-15-4-3-10(7-12(15)17)14-8-13(16(21)22)18-20(14)2/h3-4,7-8,11H,5-6,9H2,1-2H3,(H,21,22). The fraction of sp³-hybridized carbons (Fsp3) is 0.375. The summed E-state index contributed by atoms with van der Waals surface area (Å²) < 4.78 is 7.48. The molecular formula is C16H18ClN3O3. The molecule has 0 aliphatic carbocycles. The van der Waals surface area contributed by atoms with Crippen LogP contribution in [0.1, 0.15) is 16.9 Å². The maximum Gasteiger partial charge on any atom is 0.356 e. The topological polar surface area (TPSA) is 67.6 Å². The van der Waals surface area contributed by atoms with E-state index in [2.05, 4.69) is 17.0 Å². The fourth-order valence-corrected chi connectivity index (χ4v) is 2.99. The smallest absolute Gasteiger partial charge is 0.356 e. The van der Waals surface area contributed by atoms with Gasteiger partial charge in [-0.15, -0.1) is 0 Å². The fourth-order valence-electron chi connectivity index (χ4n) is 2.77. The Kier molecular flexibility index (Phi) is 4.28. The normalized spacial score (nSPS) is 18.3. The number of likely N-dealkylation sites (N-methyl/N-ethyl adjacent to an activating group) is 1. The molecule has 1 N–H and O–H groups in total. The van der Waals surface area contributed by atoms with Crippen LogP contribution in [0, 0.1) is 0 Å². The third kappa shape index (κ3) is 3.33. The summed E-state index contributed by atoms with van der Waals surface area (Å²) in [4.78, 5) is 13.2. The Morgan fingerprint density at radius 1 is 1.39 bits per heavy atom. The Hall–Kier alpha value is -2.05. The quantitative estimate of drug-likeness (QED) is 0.930. The lowest BCUT2D eigenvalue weighted by Gasteiger charge is -2.15. The first-order valence-corrected chi connectivity index (χ1v) is 7.74. The van der Waals surface area contributed by atoms with Gasteiger partial charge in [-0.1, -0.05) is 11.6 Å². The third-order valence-corrected chi connectivity index (χ3v) is 4.26. The lowest BCUT2D eigenvalue weighted by atomic mass is 10.1. The number of halogens is 1. The average Bonchev–Trinajstić information content (AvgIpc) is 3.07. The Labute approximate surface area is 139 Å². The summed E-state index contributed by atoms with van der Waals surface area (Å²) in [6.07, 6.45) is 1.14. The molecule has 1 aliphatic rings. The van der Waals surface area contributed by atoms with Crippen LogP contribution in [0.2, 0.25) is 5.02 Å². The molecule has 0 saturated carbocycles. The highest BCUT2D eigenvalue weighted by Crippen LogP contribution is 2.32. The van der Waals surface area contributed by atoms with Gasteiger partial charge in [0.15, 0.2) is 5.69 Å². The van der Waals surface area contributed by atoms with Crippen LogP contribution in [0.5, 0.6) is 5.75 Å². The van der Waals surface area contributed by atoms with Crippen LogP contribution >= 0.6 is 11.6 Å². The molecular weight excluding hydrogens is 318 g/mol. The van der Waals surface area contributed by atoms with E-state index < -0.39 is 5.97 Å². The lowest BCUT2D eigenvalue weighted by molar-refractivity contribution is 0.0689. The molecule has 2 heterocycles. The van der Waals surface area contributed by atoms with Gasteiger partial charge in [0.2, 0.25) is 0 Å². The number of aromatic nitrogens is 2. The van der Waals surface area contributed by atoms with Gasteiger partial charge in [-0.2, -0.15) is 5.10 Å².